The topological polar surface area (TPSA) is 88.7 Å². The van der Waals surface area contributed by atoms with Crippen molar-refractivity contribution in [1.29, 1.82) is 0 Å². The molecule has 0 bridgehead atoms. The number of aliphatic carboxylic acids is 1. The lowest BCUT2D eigenvalue weighted by atomic mass is 9.97. The summed E-state index contributed by atoms with van der Waals surface area (Å²) in [6.45, 7) is 1.65. The zero-order chi connectivity index (χ0) is 15.4. The second-order valence-corrected chi connectivity index (χ2v) is 5.18. The third-order valence-corrected chi connectivity index (χ3v) is 3.74. The van der Waals surface area contributed by atoms with Crippen molar-refractivity contribution in [3.8, 4) is 5.88 Å². The van der Waals surface area contributed by atoms with Gasteiger partial charge in [-0.3, -0.25) is 4.79 Å². The molecule has 116 valence electrons. The van der Waals surface area contributed by atoms with Gasteiger partial charge in [-0.05, 0) is 25.0 Å². The van der Waals surface area contributed by atoms with Crippen LogP contribution in [0.3, 0.4) is 0 Å². The number of piperidine rings is 1. The molecule has 0 aliphatic carbocycles. The number of hydrogen-bond acceptors (Lipinski definition) is 6. The predicted octanol–water partition coefficient (Wildman–Crippen LogP) is 1.95. The van der Waals surface area contributed by atoms with Gasteiger partial charge in [0.1, 0.15) is 24.5 Å². The molecule has 0 saturated carbocycles. The van der Waals surface area contributed by atoms with Gasteiger partial charge in [0, 0.05) is 19.2 Å². The van der Waals surface area contributed by atoms with Gasteiger partial charge in [0.2, 0.25) is 5.88 Å². The first kappa shape index (κ1) is 14.4. The minimum atomic E-state index is -0.718. The highest BCUT2D eigenvalue weighted by Crippen LogP contribution is 2.23. The van der Waals surface area contributed by atoms with Crippen LogP contribution in [-0.4, -0.2) is 34.1 Å². The summed E-state index contributed by atoms with van der Waals surface area (Å²) >= 11 is 0. The molecule has 1 N–H and O–H groups in total. The first-order valence-corrected chi connectivity index (χ1v) is 7.17. The molecule has 22 heavy (non-hydrogen) atoms. The molecule has 1 fully saturated rings. The molecule has 2 aromatic rings. The average molecular weight is 303 g/mol. The monoisotopic (exact) mass is 303 g/mol. The summed E-state index contributed by atoms with van der Waals surface area (Å²) in [5.41, 5.74) is 0. The van der Waals surface area contributed by atoms with Gasteiger partial charge in [-0.15, -0.1) is 0 Å². The van der Waals surface area contributed by atoms with Gasteiger partial charge in [0.25, 0.3) is 0 Å². The average Bonchev–Trinajstić information content (AvgIpc) is 3.07. The third-order valence-electron chi connectivity index (χ3n) is 3.74. The van der Waals surface area contributed by atoms with E-state index in [0.717, 1.165) is 11.6 Å². The standard InChI is InChI=1S/C15H17N3O4/c19-15(20)11-3-5-18(6-4-11)13-8-14(17-10-16-13)22-9-12-2-1-7-21-12/h1-2,7-8,10-11H,3-6,9H2,(H,19,20). The lowest BCUT2D eigenvalue weighted by molar-refractivity contribution is -0.142. The Hall–Kier alpha value is -2.57. The van der Waals surface area contributed by atoms with Crippen LogP contribution in [0.15, 0.2) is 35.2 Å². The minimum absolute atomic E-state index is 0.257. The molecule has 7 heteroatoms. The fourth-order valence-electron chi connectivity index (χ4n) is 2.48. The zero-order valence-electron chi connectivity index (χ0n) is 12.0. The minimum Gasteiger partial charge on any atom is -0.481 e. The van der Waals surface area contributed by atoms with E-state index in [4.69, 9.17) is 14.3 Å². The summed E-state index contributed by atoms with van der Waals surface area (Å²) in [6.07, 6.45) is 4.30. The van der Waals surface area contributed by atoms with E-state index in [0.29, 0.717) is 38.4 Å². The number of rotatable bonds is 5. The highest BCUT2D eigenvalue weighted by molar-refractivity contribution is 5.70. The van der Waals surface area contributed by atoms with Crippen molar-refractivity contribution in [2.24, 2.45) is 5.92 Å². The second kappa shape index (κ2) is 6.46. The molecule has 0 aromatic carbocycles. The lowest BCUT2D eigenvalue weighted by Crippen LogP contribution is -2.36. The maximum atomic E-state index is 11.0. The second-order valence-electron chi connectivity index (χ2n) is 5.18. The van der Waals surface area contributed by atoms with Crippen LogP contribution >= 0.6 is 0 Å². The van der Waals surface area contributed by atoms with E-state index < -0.39 is 5.97 Å². The Balaban J connectivity index is 1.60. The Morgan fingerprint density at radius 3 is 2.91 bits per heavy atom. The van der Waals surface area contributed by atoms with Gasteiger partial charge < -0.3 is 19.2 Å². The van der Waals surface area contributed by atoms with Gasteiger partial charge in [-0.1, -0.05) is 0 Å². The molecule has 1 saturated heterocycles. The van der Waals surface area contributed by atoms with E-state index in [9.17, 15) is 4.79 Å². The summed E-state index contributed by atoms with van der Waals surface area (Å²) in [6, 6.07) is 5.40. The molecule has 0 atom stereocenters. The van der Waals surface area contributed by atoms with E-state index in [2.05, 4.69) is 14.9 Å². The SMILES string of the molecule is O=C(O)C1CCN(c2cc(OCc3ccco3)ncn2)CC1. The van der Waals surface area contributed by atoms with E-state index in [-0.39, 0.29) is 5.92 Å². The van der Waals surface area contributed by atoms with Crippen molar-refractivity contribution in [3.63, 3.8) is 0 Å². The van der Waals surface area contributed by atoms with Gasteiger partial charge >= 0.3 is 5.97 Å². The zero-order valence-corrected chi connectivity index (χ0v) is 12.0. The smallest absolute Gasteiger partial charge is 0.306 e. The molecule has 0 amide bonds. The van der Waals surface area contributed by atoms with Crippen molar-refractivity contribution in [3.05, 3.63) is 36.5 Å². The summed E-state index contributed by atoms with van der Waals surface area (Å²) in [7, 11) is 0. The Labute approximate surface area is 127 Å². The molecular weight excluding hydrogens is 286 g/mol. The van der Waals surface area contributed by atoms with Gasteiger partial charge in [0.15, 0.2) is 0 Å². The number of aromatic nitrogens is 2. The van der Waals surface area contributed by atoms with E-state index in [1.54, 1.807) is 18.4 Å². The van der Waals surface area contributed by atoms with Crippen LogP contribution in [0.4, 0.5) is 5.82 Å². The van der Waals surface area contributed by atoms with E-state index in [1.165, 1.54) is 6.33 Å². The number of hydrogen-bond donors (Lipinski definition) is 1. The van der Waals surface area contributed by atoms with E-state index in [1.807, 2.05) is 6.07 Å². The third kappa shape index (κ3) is 3.36. The highest BCUT2D eigenvalue weighted by atomic mass is 16.5. The maximum Gasteiger partial charge on any atom is 0.306 e. The first-order chi connectivity index (χ1) is 10.7. The number of furan rings is 1. The molecule has 0 spiro atoms. The molecule has 3 rings (SSSR count). The first-order valence-electron chi connectivity index (χ1n) is 7.17. The van der Waals surface area contributed by atoms with Crippen molar-refractivity contribution in [1.82, 2.24) is 9.97 Å². The fraction of sp³-hybridized carbons (Fsp3) is 0.400. The molecule has 1 aliphatic rings. The highest BCUT2D eigenvalue weighted by Gasteiger charge is 2.25. The van der Waals surface area contributed by atoms with Crippen LogP contribution in [0, 0.1) is 5.92 Å². The number of ether oxygens (including phenoxy) is 1. The van der Waals surface area contributed by atoms with Gasteiger partial charge in [-0.25, -0.2) is 9.97 Å². The quantitative estimate of drug-likeness (QED) is 0.903. The largest absolute Gasteiger partial charge is 0.481 e. The van der Waals surface area contributed by atoms with Crippen molar-refractivity contribution >= 4 is 11.8 Å². The number of anilines is 1. The number of nitrogens with zero attached hydrogens (tertiary/aromatic N) is 3. The van der Waals surface area contributed by atoms with Crippen LogP contribution in [-0.2, 0) is 11.4 Å². The molecule has 2 aromatic heterocycles. The fourth-order valence-corrected chi connectivity index (χ4v) is 2.48. The van der Waals surface area contributed by atoms with Crippen LogP contribution in [0.2, 0.25) is 0 Å². The Morgan fingerprint density at radius 2 is 2.23 bits per heavy atom. The Bertz CT molecular complexity index is 621. The number of carbonyl (C=O) groups is 1. The summed E-state index contributed by atoms with van der Waals surface area (Å²) < 4.78 is 10.8. The molecule has 7 nitrogen and oxygen atoms in total. The molecule has 1 aliphatic heterocycles. The maximum absolute atomic E-state index is 11.0. The normalized spacial score (nSPS) is 15.7. The van der Waals surface area contributed by atoms with Crippen LogP contribution < -0.4 is 9.64 Å². The van der Waals surface area contributed by atoms with Crippen molar-refractivity contribution < 1.29 is 19.1 Å². The van der Waals surface area contributed by atoms with Crippen LogP contribution in [0.25, 0.3) is 0 Å². The molecular formula is C15H17N3O4. The number of carboxylic acids is 1. The summed E-state index contributed by atoms with van der Waals surface area (Å²) in [5, 5.41) is 9.03. The number of carboxylic acid groups (broad SMARTS) is 1. The van der Waals surface area contributed by atoms with Crippen molar-refractivity contribution in [2.75, 3.05) is 18.0 Å². The predicted molar refractivity (Wildman–Crippen MR) is 77.6 cm³/mol. The van der Waals surface area contributed by atoms with Crippen LogP contribution in [0.1, 0.15) is 18.6 Å². The summed E-state index contributed by atoms with van der Waals surface area (Å²) in [4.78, 5) is 21.4. The van der Waals surface area contributed by atoms with E-state index >= 15 is 0 Å². The van der Waals surface area contributed by atoms with Crippen molar-refractivity contribution in [2.45, 2.75) is 19.4 Å². The van der Waals surface area contributed by atoms with Gasteiger partial charge in [-0.2, -0.15) is 0 Å². The summed E-state index contributed by atoms with van der Waals surface area (Å²) in [5.74, 6) is 0.982. The Morgan fingerprint density at radius 1 is 1.41 bits per heavy atom. The lowest BCUT2D eigenvalue weighted by Gasteiger charge is -2.30. The molecule has 0 radical (unpaired) electrons. The molecule has 3 heterocycles. The molecule has 0 unspecified atom stereocenters. The van der Waals surface area contributed by atoms with Crippen LogP contribution in [0.5, 0.6) is 5.88 Å². The Kier molecular flexibility index (Phi) is 4.22. The van der Waals surface area contributed by atoms with Gasteiger partial charge in [0.05, 0.1) is 12.2 Å².